The summed E-state index contributed by atoms with van der Waals surface area (Å²) in [6, 6.07) is 9.21. The number of halogens is 5. The van der Waals surface area contributed by atoms with Crippen molar-refractivity contribution in [2.24, 2.45) is 0 Å². The van der Waals surface area contributed by atoms with Gasteiger partial charge in [-0.15, -0.1) is 0 Å². The number of hydrogen-bond donors (Lipinski definition) is 1. The lowest BCUT2D eigenvalue weighted by Crippen LogP contribution is -2.23. The Hall–Kier alpha value is -1.57. The van der Waals surface area contributed by atoms with Gasteiger partial charge in [-0.3, -0.25) is 9.10 Å². The first kappa shape index (κ1) is 30.6. The van der Waals surface area contributed by atoms with Gasteiger partial charge in [-0.05, 0) is 54.4 Å². The van der Waals surface area contributed by atoms with E-state index in [9.17, 15) is 18.0 Å². The first-order valence-corrected chi connectivity index (χ1v) is 11.0. The highest BCUT2D eigenvalue weighted by Gasteiger charge is 2.32. The van der Waals surface area contributed by atoms with Gasteiger partial charge in [0.1, 0.15) is 6.54 Å². The number of aliphatic carboxylic acids is 1. The SMILES string of the molecule is CC.CC.CC.O=C(O)CN(Sc1ccc(Cl)cc1)c1cc(C(F)(F)F)ccc1Cl. The molecule has 0 amide bonds. The number of carboxylic acid groups (broad SMARTS) is 1. The van der Waals surface area contributed by atoms with Gasteiger partial charge in [-0.25, -0.2) is 0 Å². The van der Waals surface area contributed by atoms with Crippen LogP contribution in [0.3, 0.4) is 0 Å². The molecule has 0 atom stereocenters. The van der Waals surface area contributed by atoms with Gasteiger partial charge in [-0.1, -0.05) is 64.7 Å². The van der Waals surface area contributed by atoms with Crippen LogP contribution in [-0.4, -0.2) is 17.6 Å². The van der Waals surface area contributed by atoms with Crippen molar-refractivity contribution < 1.29 is 23.1 Å². The van der Waals surface area contributed by atoms with E-state index < -0.39 is 24.3 Å². The molecule has 30 heavy (non-hydrogen) atoms. The van der Waals surface area contributed by atoms with Crippen molar-refractivity contribution in [3.8, 4) is 0 Å². The van der Waals surface area contributed by atoms with Crippen molar-refractivity contribution in [1.29, 1.82) is 0 Å². The van der Waals surface area contributed by atoms with Crippen molar-refractivity contribution >= 4 is 46.8 Å². The minimum atomic E-state index is -4.56. The zero-order valence-corrected chi connectivity index (χ0v) is 20.2. The molecule has 2 rings (SSSR count). The molecule has 0 aliphatic rings. The molecule has 0 spiro atoms. The van der Waals surface area contributed by atoms with Gasteiger partial charge in [0.15, 0.2) is 0 Å². The molecule has 0 radical (unpaired) electrons. The summed E-state index contributed by atoms with van der Waals surface area (Å²) in [5.41, 5.74) is -0.942. The van der Waals surface area contributed by atoms with Gasteiger partial charge < -0.3 is 5.11 Å². The molecule has 170 valence electrons. The maximum atomic E-state index is 12.9. The molecule has 3 nitrogen and oxygen atoms in total. The summed E-state index contributed by atoms with van der Waals surface area (Å²) < 4.78 is 39.9. The third-order valence-electron chi connectivity index (χ3n) is 2.85. The molecule has 0 fully saturated rings. The molecule has 2 aromatic rings. The van der Waals surface area contributed by atoms with Crippen LogP contribution in [-0.2, 0) is 11.0 Å². The molecule has 2 aromatic carbocycles. The molecule has 0 aliphatic carbocycles. The number of carbonyl (C=O) groups is 1. The zero-order valence-electron chi connectivity index (χ0n) is 17.8. The maximum absolute atomic E-state index is 12.9. The van der Waals surface area contributed by atoms with Crippen LogP contribution < -0.4 is 4.31 Å². The third-order valence-corrected chi connectivity index (χ3v) is 4.45. The second-order valence-electron chi connectivity index (χ2n) is 4.64. The zero-order chi connectivity index (χ0) is 23.9. The van der Waals surface area contributed by atoms with Crippen molar-refractivity contribution in [3.05, 3.63) is 58.1 Å². The average Bonchev–Trinajstić information content (AvgIpc) is 2.73. The minimum Gasteiger partial charge on any atom is -0.480 e. The standard InChI is InChI=1S/C15H10Cl2F3NO2S.3C2H6/c16-10-2-4-11(5-3-10)24-21(8-14(22)23)13-7-9(15(18,19)20)1-6-12(13)17;3*1-2/h1-7H,8H2,(H,22,23);3*1-2H3. The molecular formula is C21H28Cl2F3NO2S. The minimum absolute atomic E-state index is 0.0192. The van der Waals surface area contributed by atoms with Gasteiger partial charge in [0.05, 0.1) is 16.3 Å². The lowest BCUT2D eigenvalue weighted by Gasteiger charge is -2.23. The highest BCUT2D eigenvalue weighted by molar-refractivity contribution is 8.00. The second-order valence-corrected chi connectivity index (χ2v) is 6.58. The number of anilines is 1. The molecule has 0 aromatic heterocycles. The number of nitrogens with zero attached hydrogens (tertiary/aromatic N) is 1. The van der Waals surface area contributed by atoms with E-state index in [0.717, 1.165) is 30.1 Å². The van der Waals surface area contributed by atoms with Crippen molar-refractivity contribution in [2.45, 2.75) is 52.6 Å². The van der Waals surface area contributed by atoms with Gasteiger partial charge >= 0.3 is 12.1 Å². The summed E-state index contributed by atoms with van der Waals surface area (Å²) in [5, 5.41) is 9.55. The lowest BCUT2D eigenvalue weighted by molar-refractivity contribution is -0.137. The van der Waals surface area contributed by atoms with Gasteiger partial charge in [0.25, 0.3) is 0 Å². The quantitative estimate of drug-likeness (QED) is 0.429. The van der Waals surface area contributed by atoms with Crippen molar-refractivity contribution in [2.75, 3.05) is 10.8 Å². The molecular weight excluding hydrogens is 458 g/mol. The topological polar surface area (TPSA) is 40.5 Å². The van der Waals surface area contributed by atoms with E-state index >= 15 is 0 Å². The molecule has 0 unspecified atom stereocenters. The first-order valence-electron chi connectivity index (χ1n) is 9.46. The Morgan fingerprint density at radius 1 is 0.967 bits per heavy atom. The predicted octanol–water partition coefficient (Wildman–Crippen LogP) is 8.69. The van der Waals surface area contributed by atoms with E-state index in [2.05, 4.69) is 0 Å². The Labute approximate surface area is 191 Å². The smallest absolute Gasteiger partial charge is 0.416 e. The van der Waals surface area contributed by atoms with E-state index in [0.29, 0.717) is 9.92 Å². The highest BCUT2D eigenvalue weighted by atomic mass is 35.5. The summed E-state index contributed by atoms with van der Waals surface area (Å²) in [5.74, 6) is -1.20. The normalized spacial score (nSPS) is 9.70. The Morgan fingerprint density at radius 3 is 1.90 bits per heavy atom. The third kappa shape index (κ3) is 11.0. The fraction of sp³-hybridized carbons (Fsp3) is 0.381. The molecule has 0 bridgehead atoms. The molecule has 1 N–H and O–H groups in total. The van der Waals surface area contributed by atoms with Crippen molar-refractivity contribution in [3.63, 3.8) is 0 Å². The van der Waals surface area contributed by atoms with E-state index in [4.69, 9.17) is 28.3 Å². The van der Waals surface area contributed by atoms with E-state index in [1.807, 2.05) is 41.5 Å². The fourth-order valence-electron chi connectivity index (χ4n) is 1.79. The summed E-state index contributed by atoms with van der Waals surface area (Å²) in [4.78, 5) is 11.7. The summed E-state index contributed by atoms with van der Waals surface area (Å²) in [6.45, 7) is 11.5. The molecule has 0 heterocycles. The van der Waals surface area contributed by atoms with Crippen LogP contribution in [0.5, 0.6) is 0 Å². The largest absolute Gasteiger partial charge is 0.480 e. The fourth-order valence-corrected chi connectivity index (χ4v) is 3.12. The summed E-state index contributed by atoms with van der Waals surface area (Å²) in [7, 11) is 0. The number of alkyl halides is 3. The van der Waals surface area contributed by atoms with Gasteiger partial charge in [0.2, 0.25) is 0 Å². The lowest BCUT2D eigenvalue weighted by atomic mass is 10.2. The highest BCUT2D eigenvalue weighted by Crippen LogP contribution is 2.39. The number of benzene rings is 2. The average molecular weight is 486 g/mol. The maximum Gasteiger partial charge on any atom is 0.416 e. The van der Waals surface area contributed by atoms with Crippen LogP contribution in [0.2, 0.25) is 10.0 Å². The Morgan fingerprint density at radius 2 is 1.47 bits per heavy atom. The molecule has 9 heteroatoms. The Balaban J connectivity index is 0. The van der Waals surface area contributed by atoms with Crippen LogP contribution in [0.25, 0.3) is 0 Å². The number of rotatable bonds is 5. The number of carboxylic acids is 1. The monoisotopic (exact) mass is 485 g/mol. The van der Waals surface area contributed by atoms with Crippen LogP contribution in [0.4, 0.5) is 18.9 Å². The van der Waals surface area contributed by atoms with E-state index in [1.54, 1.807) is 24.3 Å². The van der Waals surface area contributed by atoms with E-state index in [-0.39, 0.29) is 10.7 Å². The van der Waals surface area contributed by atoms with Gasteiger partial charge in [-0.2, -0.15) is 13.2 Å². The number of hydrogen-bond acceptors (Lipinski definition) is 3. The molecule has 0 saturated heterocycles. The van der Waals surface area contributed by atoms with Crippen LogP contribution in [0.15, 0.2) is 47.4 Å². The van der Waals surface area contributed by atoms with Gasteiger partial charge in [0, 0.05) is 9.92 Å². The van der Waals surface area contributed by atoms with Crippen LogP contribution in [0, 0.1) is 0 Å². The van der Waals surface area contributed by atoms with Crippen molar-refractivity contribution in [1.82, 2.24) is 0 Å². The summed E-state index contributed by atoms with van der Waals surface area (Å²) in [6.07, 6.45) is -4.56. The predicted molar refractivity (Wildman–Crippen MR) is 123 cm³/mol. The second kappa shape index (κ2) is 16.2. The first-order chi connectivity index (χ1) is 14.2. The van der Waals surface area contributed by atoms with Crippen LogP contribution in [0.1, 0.15) is 47.1 Å². The Bertz CT molecular complexity index is 742. The summed E-state index contributed by atoms with van der Waals surface area (Å²) >= 11 is 12.7. The van der Waals surface area contributed by atoms with Crippen LogP contribution >= 0.6 is 35.1 Å². The molecule has 0 aliphatic heterocycles. The Kier molecular flexibility index (Phi) is 16.5. The molecule has 0 saturated carbocycles. The van der Waals surface area contributed by atoms with E-state index in [1.165, 1.54) is 4.31 Å².